The van der Waals surface area contributed by atoms with E-state index in [0.717, 1.165) is 0 Å². The van der Waals surface area contributed by atoms with Crippen LogP contribution in [0.25, 0.3) is 0 Å². The first-order valence-corrected chi connectivity index (χ1v) is 5.99. The molecule has 1 amide bonds. The van der Waals surface area contributed by atoms with Crippen molar-refractivity contribution in [3.63, 3.8) is 0 Å². The molecule has 0 aliphatic rings. The van der Waals surface area contributed by atoms with Gasteiger partial charge in [-0.3, -0.25) is 4.79 Å². The molecule has 0 atom stereocenters. The fourth-order valence-corrected chi connectivity index (χ4v) is 1.75. The number of aromatic nitrogens is 2. The number of ether oxygens (including phenoxy) is 1. The summed E-state index contributed by atoms with van der Waals surface area (Å²) in [5, 5.41) is 3.14. The van der Waals surface area contributed by atoms with Crippen LogP contribution in [-0.2, 0) is 0 Å². The lowest BCUT2D eigenvalue weighted by molar-refractivity contribution is 0.102. The molecule has 98 valence electrons. The quantitative estimate of drug-likeness (QED) is 0.885. The van der Waals surface area contributed by atoms with Crippen LogP contribution < -0.4 is 10.1 Å². The number of carbonyl (C=O) groups is 1. The van der Waals surface area contributed by atoms with E-state index in [9.17, 15) is 4.79 Å². The third-order valence-corrected chi connectivity index (χ3v) is 2.69. The smallest absolute Gasteiger partial charge is 0.260 e. The lowest BCUT2D eigenvalue weighted by atomic mass is 10.2. The Bertz CT molecular complexity index is 620. The van der Waals surface area contributed by atoms with Gasteiger partial charge in [-0.1, -0.05) is 11.6 Å². The average Bonchev–Trinajstić information content (AvgIpc) is 2.38. The fourth-order valence-electron chi connectivity index (χ4n) is 1.44. The number of methoxy groups -OCH3 is 1. The highest BCUT2D eigenvalue weighted by Gasteiger charge is 2.13. The summed E-state index contributed by atoms with van der Waals surface area (Å²) in [6, 6.07) is 6.26. The number of carbonyl (C=O) groups excluding carboxylic acids is 1. The minimum absolute atomic E-state index is 0.0564. The van der Waals surface area contributed by atoms with Gasteiger partial charge in [0.05, 0.1) is 12.7 Å². The summed E-state index contributed by atoms with van der Waals surface area (Å²) in [5.41, 5.74) is 0.349. The second-order valence-corrected chi connectivity index (χ2v) is 4.28. The molecular weight excluding hydrogens is 289 g/mol. The lowest BCUT2D eigenvalue weighted by Crippen LogP contribution is -2.14. The zero-order valence-corrected chi connectivity index (χ0v) is 11.4. The minimum Gasteiger partial charge on any atom is -0.496 e. The first kappa shape index (κ1) is 13.6. The molecule has 5 nitrogen and oxygen atoms in total. The highest BCUT2D eigenvalue weighted by molar-refractivity contribution is 6.31. The molecule has 0 aliphatic heterocycles. The van der Waals surface area contributed by atoms with Gasteiger partial charge in [0.2, 0.25) is 5.28 Å². The van der Waals surface area contributed by atoms with Gasteiger partial charge < -0.3 is 10.1 Å². The topological polar surface area (TPSA) is 64.1 Å². The Hall–Kier alpha value is -1.85. The van der Waals surface area contributed by atoms with Crippen LogP contribution in [0.1, 0.15) is 10.4 Å². The number of nitrogens with zero attached hydrogens (tertiary/aromatic N) is 2. The monoisotopic (exact) mass is 297 g/mol. The van der Waals surface area contributed by atoms with Crippen molar-refractivity contribution in [1.82, 2.24) is 9.97 Å². The molecule has 0 unspecified atom stereocenters. The molecule has 0 saturated carbocycles. The van der Waals surface area contributed by atoms with Crippen molar-refractivity contribution in [3.05, 3.63) is 46.3 Å². The highest BCUT2D eigenvalue weighted by atomic mass is 35.5. The number of hydrogen-bond acceptors (Lipinski definition) is 4. The van der Waals surface area contributed by atoms with Crippen LogP contribution in [0.2, 0.25) is 10.3 Å². The summed E-state index contributed by atoms with van der Waals surface area (Å²) in [6.07, 6.45) is 1.45. The number of nitrogens with one attached hydrogen (secondary N) is 1. The molecule has 0 fully saturated rings. The summed E-state index contributed by atoms with van der Waals surface area (Å²) in [6.45, 7) is 0. The van der Waals surface area contributed by atoms with Crippen molar-refractivity contribution in [1.29, 1.82) is 0 Å². The molecule has 1 aromatic heterocycles. The molecule has 1 heterocycles. The number of benzene rings is 1. The zero-order valence-electron chi connectivity index (χ0n) is 9.85. The van der Waals surface area contributed by atoms with Gasteiger partial charge in [0, 0.05) is 11.2 Å². The Morgan fingerprint density at radius 1 is 1.32 bits per heavy atom. The van der Waals surface area contributed by atoms with Gasteiger partial charge in [-0.25, -0.2) is 9.97 Å². The molecule has 0 radical (unpaired) electrons. The van der Waals surface area contributed by atoms with Crippen molar-refractivity contribution in [3.8, 4) is 5.75 Å². The molecule has 0 bridgehead atoms. The summed E-state index contributed by atoms with van der Waals surface area (Å²) >= 11 is 11.5. The Labute approximate surface area is 119 Å². The van der Waals surface area contributed by atoms with E-state index >= 15 is 0 Å². The van der Waals surface area contributed by atoms with E-state index in [1.54, 1.807) is 18.2 Å². The summed E-state index contributed by atoms with van der Waals surface area (Å²) in [7, 11) is 1.46. The third kappa shape index (κ3) is 3.33. The maximum atomic E-state index is 12.1. The molecule has 0 spiro atoms. The van der Waals surface area contributed by atoms with E-state index in [0.29, 0.717) is 22.2 Å². The maximum Gasteiger partial charge on any atom is 0.260 e. The van der Waals surface area contributed by atoms with Crippen LogP contribution in [0.4, 0.5) is 5.82 Å². The molecule has 0 saturated heterocycles. The van der Waals surface area contributed by atoms with Crippen molar-refractivity contribution >= 4 is 34.9 Å². The summed E-state index contributed by atoms with van der Waals surface area (Å²) < 4.78 is 5.10. The van der Waals surface area contributed by atoms with E-state index in [4.69, 9.17) is 27.9 Å². The van der Waals surface area contributed by atoms with Crippen LogP contribution in [0.15, 0.2) is 30.5 Å². The summed E-state index contributed by atoms with van der Waals surface area (Å²) in [5.74, 6) is 0.315. The fraction of sp³-hybridized carbons (Fsp3) is 0.0833. The van der Waals surface area contributed by atoms with Crippen LogP contribution in [0, 0.1) is 0 Å². The summed E-state index contributed by atoms with van der Waals surface area (Å²) in [4.78, 5) is 19.7. The normalized spacial score (nSPS) is 10.1. The molecular formula is C12H9Cl2N3O2. The standard InChI is InChI=1S/C12H9Cl2N3O2/c1-19-9-6-7(13)2-3-8(9)11(18)16-10-4-5-15-12(14)17-10/h2-6H,1H3,(H,15,16,17,18). The predicted octanol–water partition coefficient (Wildman–Crippen LogP) is 3.04. The largest absolute Gasteiger partial charge is 0.496 e. The van der Waals surface area contributed by atoms with Crippen molar-refractivity contribution < 1.29 is 9.53 Å². The highest BCUT2D eigenvalue weighted by Crippen LogP contribution is 2.23. The van der Waals surface area contributed by atoms with Gasteiger partial charge in [0.1, 0.15) is 11.6 Å². The Balaban J connectivity index is 2.25. The van der Waals surface area contributed by atoms with Crippen LogP contribution >= 0.6 is 23.2 Å². The van der Waals surface area contributed by atoms with Crippen LogP contribution in [0.3, 0.4) is 0 Å². The van der Waals surface area contributed by atoms with Gasteiger partial charge >= 0.3 is 0 Å². The molecule has 1 aromatic carbocycles. The first-order chi connectivity index (χ1) is 9.10. The van der Waals surface area contributed by atoms with Crippen LogP contribution in [0.5, 0.6) is 5.75 Å². The molecule has 7 heteroatoms. The number of amides is 1. The third-order valence-electron chi connectivity index (χ3n) is 2.28. The van der Waals surface area contributed by atoms with Crippen molar-refractivity contribution in [2.75, 3.05) is 12.4 Å². The van der Waals surface area contributed by atoms with Crippen LogP contribution in [-0.4, -0.2) is 23.0 Å². The molecule has 2 rings (SSSR count). The molecule has 2 aromatic rings. The minimum atomic E-state index is -0.372. The van der Waals surface area contributed by atoms with Gasteiger partial charge in [-0.2, -0.15) is 0 Å². The van der Waals surface area contributed by atoms with Crippen molar-refractivity contribution in [2.24, 2.45) is 0 Å². The van der Waals surface area contributed by atoms with E-state index in [1.807, 2.05) is 0 Å². The maximum absolute atomic E-state index is 12.1. The average molecular weight is 298 g/mol. The number of rotatable bonds is 3. The van der Waals surface area contributed by atoms with Crippen molar-refractivity contribution in [2.45, 2.75) is 0 Å². The van der Waals surface area contributed by atoms with Gasteiger partial charge in [-0.05, 0) is 35.9 Å². The zero-order chi connectivity index (χ0) is 13.8. The van der Waals surface area contributed by atoms with Gasteiger partial charge in [0.25, 0.3) is 5.91 Å². The predicted molar refractivity (Wildman–Crippen MR) is 73.0 cm³/mol. The van der Waals surface area contributed by atoms with E-state index in [1.165, 1.54) is 19.4 Å². The SMILES string of the molecule is COc1cc(Cl)ccc1C(=O)Nc1ccnc(Cl)n1. The van der Waals surface area contributed by atoms with E-state index < -0.39 is 0 Å². The van der Waals surface area contributed by atoms with Gasteiger partial charge in [-0.15, -0.1) is 0 Å². The second-order valence-electron chi connectivity index (χ2n) is 3.51. The number of anilines is 1. The van der Waals surface area contributed by atoms with Gasteiger partial charge in [0.15, 0.2) is 0 Å². The first-order valence-electron chi connectivity index (χ1n) is 5.23. The Morgan fingerprint density at radius 2 is 2.11 bits per heavy atom. The second kappa shape index (κ2) is 5.86. The Kier molecular flexibility index (Phi) is 4.19. The molecule has 0 aliphatic carbocycles. The number of hydrogen-bond donors (Lipinski definition) is 1. The lowest BCUT2D eigenvalue weighted by Gasteiger charge is -2.09. The van der Waals surface area contributed by atoms with E-state index in [-0.39, 0.29) is 11.2 Å². The van der Waals surface area contributed by atoms with E-state index in [2.05, 4.69) is 15.3 Å². The molecule has 19 heavy (non-hydrogen) atoms. The number of halogens is 2. The molecule has 1 N–H and O–H groups in total. The Morgan fingerprint density at radius 3 is 2.79 bits per heavy atom.